The zero-order valence-electron chi connectivity index (χ0n) is 9.00. The van der Waals surface area contributed by atoms with Gasteiger partial charge in [0.25, 0.3) is 0 Å². The van der Waals surface area contributed by atoms with E-state index in [-0.39, 0.29) is 5.82 Å². The summed E-state index contributed by atoms with van der Waals surface area (Å²) >= 11 is 0. The summed E-state index contributed by atoms with van der Waals surface area (Å²) in [6.07, 6.45) is 7.53. The average Bonchev–Trinajstić information content (AvgIpc) is 2.23. The molecule has 1 nitrogen and oxygen atoms in total. The Bertz CT molecular complexity index is 307. The number of unbranched alkanes of at least 4 members (excludes halogenated alkanes) is 2. The molecule has 0 saturated carbocycles. The Hall–Kier alpha value is -1.31. The molecule has 0 spiro atoms. The van der Waals surface area contributed by atoms with Crippen molar-refractivity contribution in [3.05, 3.63) is 42.2 Å². The minimum Gasteiger partial charge on any atom is -0.489 e. The number of halogens is 1. The standard InChI is InChI=1S/C13H16FO/c1-2-3-4-5-6-10-15-13-9-7-8-12(14)11-13/h5-7,9,11H,2-4,10H2,1H3. The first-order valence-electron chi connectivity index (χ1n) is 5.28. The van der Waals surface area contributed by atoms with E-state index in [0.29, 0.717) is 12.4 Å². The van der Waals surface area contributed by atoms with Crippen molar-refractivity contribution in [1.82, 2.24) is 0 Å². The second kappa shape index (κ2) is 7.04. The molecule has 0 amide bonds. The summed E-state index contributed by atoms with van der Waals surface area (Å²) in [6.45, 7) is 2.65. The second-order valence-electron chi connectivity index (χ2n) is 3.30. The fourth-order valence-electron chi connectivity index (χ4n) is 1.16. The largest absolute Gasteiger partial charge is 0.489 e. The maximum absolute atomic E-state index is 12.7. The number of rotatable bonds is 6. The summed E-state index contributed by atoms with van der Waals surface area (Å²) < 4.78 is 18.0. The monoisotopic (exact) mass is 207 g/mol. The smallest absolute Gasteiger partial charge is 0.134 e. The molecule has 0 aliphatic heterocycles. The Morgan fingerprint density at radius 3 is 3.07 bits per heavy atom. The molecule has 0 saturated heterocycles. The van der Waals surface area contributed by atoms with Crippen molar-refractivity contribution in [2.24, 2.45) is 0 Å². The van der Waals surface area contributed by atoms with E-state index < -0.39 is 0 Å². The fourth-order valence-corrected chi connectivity index (χ4v) is 1.16. The molecular weight excluding hydrogens is 191 g/mol. The van der Waals surface area contributed by atoms with Gasteiger partial charge >= 0.3 is 0 Å². The highest BCUT2D eigenvalue weighted by atomic mass is 19.1. The van der Waals surface area contributed by atoms with Crippen molar-refractivity contribution >= 4 is 0 Å². The van der Waals surface area contributed by atoms with Gasteiger partial charge in [0.1, 0.15) is 18.2 Å². The highest BCUT2D eigenvalue weighted by Gasteiger charge is 1.93. The van der Waals surface area contributed by atoms with Crippen LogP contribution < -0.4 is 4.74 Å². The third-order valence-electron chi connectivity index (χ3n) is 1.98. The van der Waals surface area contributed by atoms with E-state index >= 15 is 0 Å². The molecule has 0 aliphatic rings. The molecule has 0 unspecified atom stereocenters. The molecular formula is C13H16FO. The van der Waals surface area contributed by atoms with Gasteiger partial charge in [0.05, 0.1) is 0 Å². The lowest BCUT2D eigenvalue weighted by atomic mass is 10.2. The number of hydrogen-bond donors (Lipinski definition) is 0. The lowest BCUT2D eigenvalue weighted by Gasteiger charge is -2.01. The summed E-state index contributed by atoms with van der Waals surface area (Å²) in [6, 6.07) is 6.98. The maximum Gasteiger partial charge on any atom is 0.134 e. The van der Waals surface area contributed by atoms with Gasteiger partial charge in [0.2, 0.25) is 0 Å². The predicted molar refractivity (Wildman–Crippen MR) is 59.4 cm³/mol. The van der Waals surface area contributed by atoms with Gasteiger partial charge in [-0.05, 0) is 18.6 Å². The molecule has 1 rings (SSSR count). The van der Waals surface area contributed by atoms with Crippen LogP contribution in [0.1, 0.15) is 26.2 Å². The van der Waals surface area contributed by atoms with Crippen molar-refractivity contribution in [2.75, 3.05) is 6.61 Å². The van der Waals surface area contributed by atoms with Crippen molar-refractivity contribution in [3.63, 3.8) is 0 Å². The highest BCUT2D eigenvalue weighted by molar-refractivity contribution is 5.21. The van der Waals surface area contributed by atoms with Gasteiger partial charge in [-0.3, -0.25) is 0 Å². The molecule has 1 aromatic carbocycles. The first-order valence-corrected chi connectivity index (χ1v) is 5.28. The third kappa shape index (κ3) is 5.21. The Morgan fingerprint density at radius 2 is 2.33 bits per heavy atom. The molecule has 0 N–H and O–H groups in total. The van der Waals surface area contributed by atoms with E-state index in [4.69, 9.17) is 4.74 Å². The zero-order chi connectivity index (χ0) is 10.9. The van der Waals surface area contributed by atoms with Crippen LogP contribution in [-0.2, 0) is 0 Å². The van der Waals surface area contributed by atoms with Crippen LogP contribution in [0.3, 0.4) is 0 Å². The Kier molecular flexibility index (Phi) is 5.52. The van der Waals surface area contributed by atoms with Gasteiger partial charge in [-0.1, -0.05) is 31.9 Å². The average molecular weight is 207 g/mol. The van der Waals surface area contributed by atoms with Gasteiger partial charge in [-0.15, -0.1) is 0 Å². The van der Waals surface area contributed by atoms with Crippen molar-refractivity contribution in [1.29, 1.82) is 0 Å². The van der Waals surface area contributed by atoms with Crippen LogP contribution in [0, 0.1) is 11.9 Å². The van der Waals surface area contributed by atoms with Gasteiger partial charge < -0.3 is 4.74 Å². The van der Waals surface area contributed by atoms with E-state index in [9.17, 15) is 4.39 Å². The molecule has 0 aromatic heterocycles. The molecule has 81 valence electrons. The van der Waals surface area contributed by atoms with Crippen molar-refractivity contribution < 1.29 is 9.13 Å². The second-order valence-corrected chi connectivity index (χ2v) is 3.30. The molecule has 0 bridgehead atoms. The molecule has 0 heterocycles. The minimum atomic E-state index is -0.387. The number of benzene rings is 1. The quantitative estimate of drug-likeness (QED) is 0.510. The predicted octanol–water partition coefficient (Wildman–Crippen LogP) is 3.75. The molecule has 2 heteroatoms. The number of hydrogen-bond acceptors (Lipinski definition) is 1. The van der Waals surface area contributed by atoms with Crippen LogP contribution >= 0.6 is 0 Å². The lowest BCUT2D eigenvalue weighted by molar-refractivity contribution is 0.360. The minimum absolute atomic E-state index is 0.387. The van der Waals surface area contributed by atoms with E-state index in [0.717, 1.165) is 6.42 Å². The Morgan fingerprint density at radius 1 is 1.47 bits per heavy atom. The number of ether oxygens (including phenoxy) is 1. The summed E-state index contributed by atoms with van der Waals surface area (Å²) in [7, 11) is 0. The normalized spacial score (nSPS) is 10.8. The molecule has 1 radical (unpaired) electrons. The summed E-state index contributed by atoms with van der Waals surface area (Å²) in [5.74, 6) is 0.161. The lowest BCUT2D eigenvalue weighted by Crippen LogP contribution is -1.93. The van der Waals surface area contributed by atoms with Crippen LogP contribution in [0.2, 0.25) is 0 Å². The highest BCUT2D eigenvalue weighted by Crippen LogP contribution is 2.11. The third-order valence-corrected chi connectivity index (χ3v) is 1.98. The Balaban J connectivity index is 2.22. The zero-order valence-corrected chi connectivity index (χ0v) is 9.00. The SMILES string of the molecule is CCCCC=CCOc1cc[c]c(F)c1. The van der Waals surface area contributed by atoms with E-state index in [1.165, 1.54) is 25.0 Å². The summed E-state index contributed by atoms with van der Waals surface area (Å²) in [4.78, 5) is 0. The summed E-state index contributed by atoms with van der Waals surface area (Å²) in [5.41, 5.74) is 0. The number of allylic oxidation sites excluding steroid dienone is 1. The molecule has 0 atom stereocenters. The van der Waals surface area contributed by atoms with Crippen LogP contribution in [-0.4, -0.2) is 6.61 Å². The fraction of sp³-hybridized carbons (Fsp3) is 0.385. The van der Waals surface area contributed by atoms with Crippen LogP contribution in [0.15, 0.2) is 30.4 Å². The maximum atomic E-state index is 12.7. The van der Waals surface area contributed by atoms with E-state index in [1.54, 1.807) is 6.07 Å². The topological polar surface area (TPSA) is 9.23 Å². The molecule has 1 aromatic rings. The Labute approximate surface area is 90.6 Å². The van der Waals surface area contributed by atoms with Crippen LogP contribution in [0.4, 0.5) is 4.39 Å². The van der Waals surface area contributed by atoms with Gasteiger partial charge in [0.15, 0.2) is 0 Å². The van der Waals surface area contributed by atoms with Gasteiger partial charge in [-0.25, -0.2) is 4.39 Å². The van der Waals surface area contributed by atoms with E-state index in [1.807, 2.05) is 6.08 Å². The molecule has 0 fully saturated rings. The molecule has 0 aliphatic carbocycles. The van der Waals surface area contributed by atoms with Crippen LogP contribution in [0.5, 0.6) is 5.75 Å². The van der Waals surface area contributed by atoms with Gasteiger partial charge in [0, 0.05) is 12.1 Å². The summed E-state index contributed by atoms with van der Waals surface area (Å²) in [5, 5.41) is 0. The first-order chi connectivity index (χ1) is 7.33. The van der Waals surface area contributed by atoms with Crippen LogP contribution in [0.25, 0.3) is 0 Å². The van der Waals surface area contributed by atoms with E-state index in [2.05, 4.69) is 19.1 Å². The van der Waals surface area contributed by atoms with Crippen molar-refractivity contribution in [2.45, 2.75) is 26.2 Å². The van der Waals surface area contributed by atoms with Gasteiger partial charge in [-0.2, -0.15) is 0 Å². The first kappa shape index (κ1) is 11.8. The van der Waals surface area contributed by atoms with Crippen molar-refractivity contribution in [3.8, 4) is 5.75 Å². The molecule has 15 heavy (non-hydrogen) atoms.